The summed E-state index contributed by atoms with van der Waals surface area (Å²) in [6, 6.07) is 87.5. The molecule has 1 aromatic heterocycles. The highest BCUT2D eigenvalue weighted by Crippen LogP contribution is 2.54. The van der Waals surface area contributed by atoms with E-state index in [9.17, 15) is 0 Å². The zero-order valence-electron chi connectivity index (χ0n) is 40.9. The van der Waals surface area contributed by atoms with Crippen molar-refractivity contribution >= 4 is 49.8 Å². The molecular weight excluding hydrogens is 871 g/mol. The molecule has 0 aliphatic heterocycles. The lowest BCUT2D eigenvalue weighted by atomic mass is 9.81. The Hall–Kier alpha value is -8.72. The molecule has 0 atom stereocenters. The Balaban J connectivity index is 0.848. The lowest BCUT2D eigenvalue weighted by Crippen LogP contribution is -2.18. The van der Waals surface area contributed by atoms with Crippen molar-refractivity contribution in [1.29, 1.82) is 0 Å². The van der Waals surface area contributed by atoms with Crippen LogP contribution in [0.4, 0.5) is 17.1 Å². The summed E-state index contributed by atoms with van der Waals surface area (Å²) in [4.78, 5) is 2.47. The standard InChI is InChI=1S/C70H51NO/c1-69(2)63-39-51(50-23-22-45-14-8-9-15-49(45)38-50)26-33-57(63)59-36-31-55(42-65(59)69)71(54-29-24-48(25-30-54)47-20-18-46(19-21-47)44-12-6-5-7-13-44)56-32-37-60-58-34-27-52(40-64(58)70(3,4)66(60)43-56)53-28-35-62-61-16-10-11-17-67(61)72-68(62)41-53/h5-43H,1-4H3. The molecule has 2 heteroatoms. The van der Waals surface area contributed by atoms with Crippen molar-refractivity contribution in [3.05, 3.63) is 259 Å². The number of anilines is 3. The molecule has 0 unspecified atom stereocenters. The third-order valence-electron chi connectivity index (χ3n) is 16.1. The van der Waals surface area contributed by atoms with E-state index in [-0.39, 0.29) is 10.8 Å². The van der Waals surface area contributed by atoms with Crippen LogP contribution in [0.25, 0.3) is 99.5 Å². The molecule has 0 fully saturated rings. The van der Waals surface area contributed by atoms with Crippen LogP contribution in [-0.2, 0) is 10.8 Å². The molecule has 342 valence electrons. The number of furan rings is 1. The molecule has 12 aromatic rings. The summed E-state index contributed by atoms with van der Waals surface area (Å²) in [5, 5.41) is 4.82. The van der Waals surface area contributed by atoms with Crippen LogP contribution >= 0.6 is 0 Å². The quantitative estimate of drug-likeness (QED) is 0.158. The molecule has 0 N–H and O–H groups in total. The summed E-state index contributed by atoms with van der Waals surface area (Å²) in [5.74, 6) is 0. The van der Waals surface area contributed by atoms with Crippen molar-refractivity contribution in [2.45, 2.75) is 38.5 Å². The van der Waals surface area contributed by atoms with Gasteiger partial charge in [0.15, 0.2) is 0 Å². The fourth-order valence-electron chi connectivity index (χ4n) is 12.1. The van der Waals surface area contributed by atoms with Gasteiger partial charge in [0.2, 0.25) is 0 Å². The molecule has 2 nitrogen and oxygen atoms in total. The van der Waals surface area contributed by atoms with E-state index in [1.807, 2.05) is 12.1 Å². The smallest absolute Gasteiger partial charge is 0.136 e. The van der Waals surface area contributed by atoms with E-state index in [0.717, 1.165) is 44.6 Å². The number of hydrogen-bond acceptors (Lipinski definition) is 2. The molecule has 2 aliphatic rings. The second kappa shape index (κ2) is 15.9. The van der Waals surface area contributed by atoms with Crippen LogP contribution < -0.4 is 4.90 Å². The molecule has 2 aliphatic carbocycles. The molecular formula is C70H51NO. The van der Waals surface area contributed by atoms with E-state index in [1.165, 1.54) is 94.2 Å². The van der Waals surface area contributed by atoms with Gasteiger partial charge in [0.1, 0.15) is 11.2 Å². The highest BCUT2D eigenvalue weighted by atomic mass is 16.3. The van der Waals surface area contributed by atoms with Gasteiger partial charge in [-0.1, -0.05) is 191 Å². The number of nitrogens with zero attached hydrogens (tertiary/aromatic N) is 1. The van der Waals surface area contributed by atoms with Gasteiger partial charge >= 0.3 is 0 Å². The van der Waals surface area contributed by atoms with Crippen LogP contribution in [0.1, 0.15) is 49.9 Å². The minimum Gasteiger partial charge on any atom is -0.456 e. The highest BCUT2D eigenvalue weighted by molar-refractivity contribution is 6.06. The predicted octanol–water partition coefficient (Wildman–Crippen LogP) is 19.5. The number of rotatable bonds is 7. The Morgan fingerprint density at radius 1 is 0.278 bits per heavy atom. The van der Waals surface area contributed by atoms with E-state index in [0.29, 0.717) is 0 Å². The fourth-order valence-corrected chi connectivity index (χ4v) is 12.1. The predicted molar refractivity (Wildman–Crippen MR) is 303 cm³/mol. The minimum atomic E-state index is -0.244. The van der Waals surface area contributed by atoms with Crippen molar-refractivity contribution in [3.8, 4) is 66.8 Å². The first-order valence-corrected chi connectivity index (χ1v) is 25.2. The number of hydrogen-bond donors (Lipinski definition) is 0. The van der Waals surface area contributed by atoms with Crippen molar-refractivity contribution in [2.75, 3.05) is 4.90 Å². The summed E-state index contributed by atoms with van der Waals surface area (Å²) >= 11 is 0. The normalized spacial score (nSPS) is 13.8. The number of para-hydroxylation sites is 1. The summed E-state index contributed by atoms with van der Waals surface area (Å²) < 4.78 is 6.34. The van der Waals surface area contributed by atoms with E-state index < -0.39 is 0 Å². The second-order valence-electron chi connectivity index (χ2n) is 20.9. The van der Waals surface area contributed by atoms with E-state index in [1.54, 1.807) is 0 Å². The Labute approximate surface area is 421 Å². The second-order valence-corrected chi connectivity index (χ2v) is 20.9. The largest absolute Gasteiger partial charge is 0.456 e. The number of benzene rings is 11. The average Bonchev–Trinajstić information content (AvgIpc) is 3.99. The monoisotopic (exact) mass is 921 g/mol. The molecule has 14 rings (SSSR count). The maximum Gasteiger partial charge on any atom is 0.136 e. The summed E-state index contributed by atoms with van der Waals surface area (Å²) in [6.45, 7) is 9.56. The lowest BCUT2D eigenvalue weighted by molar-refractivity contribution is 0.660. The van der Waals surface area contributed by atoms with E-state index >= 15 is 0 Å². The van der Waals surface area contributed by atoms with Gasteiger partial charge < -0.3 is 9.32 Å². The van der Waals surface area contributed by atoms with Gasteiger partial charge in [-0.2, -0.15) is 0 Å². The average molecular weight is 922 g/mol. The molecule has 0 spiro atoms. The highest BCUT2D eigenvalue weighted by Gasteiger charge is 2.38. The van der Waals surface area contributed by atoms with Crippen LogP contribution in [0.5, 0.6) is 0 Å². The van der Waals surface area contributed by atoms with E-state index in [4.69, 9.17) is 4.42 Å². The van der Waals surface area contributed by atoms with Gasteiger partial charge in [-0.25, -0.2) is 0 Å². The van der Waals surface area contributed by atoms with Crippen LogP contribution in [0.15, 0.2) is 241 Å². The van der Waals surface area contributed by atoms with Crippen molar-refractivity contribution in [1.82, 2.24) is 0 Å². The maximum atomic E-state index is 6.34. The zero-order valence-corrected chi connectivity index (χ0v) is 40.9. The molecule has 11 aromatic carbocycles. The van der Waals surface area contributed by atoms with Crippen molar-refractivity contribution in [2.24, 2.45) is 0 Å². The first-order valence-electron chi connectivity index (χ1n) is 25.2. The van der Waals surface area contributed by atoms with Crippen LogP contribution in [-0.4, -0.2) is 0 Å². The van der Waals surface area contributed by atoms with Crippen molar-refractivity contribution < 1.29 is 4.42 Å². The van der Waals surface area contributed by atoms with Crippen molar-refractivity contribution in [3.63, 3.8) is 0 Å². The van der Waals surface area contributed by atoms with Crippen LogP contribution in [0.3, 0.4) is 0 Å². The molecule has 1 heterocycles. The summed E-state index contributed by atoms with van der Waals surface area (Å²) in [5.41, 5.74) is 25.0. The van der Waals surface area contributed by atoms with E-state index in [2.05, 4.69) is 257 Å². The van der Waals surface area contributed by atoms with Gasteiger partial charge in [-0.3, -0.25) is 0 Å². The van der Waals surface area contributed by atoms with Gasteiger partial charge in [0.05, 0.1) is 0 Å². The topological polar surface area (TPSA) is 16.4 Å². The summed E-state index contributed by atoms with van der Waals surface area (Å²) in [6.07, 6.45) is 0. The Morgan fingerprint density at radius 3 is 1.29 bits per heavy atom. The molecule has 0 amide bonds. The lowest BCUT2D eigenvalue weighted by Gasteiger charge is -2.30. The maximum absolute atomic E-state index is 6.34. The first kappa shape index (κ1) is 42.2. The molecule has 72 heavy (non-hydrogen) atoms. The van der Waals surface area contributed by atoms with Crippen LogP contribution in [0, 0.1) is 0 Å². The van der Waals surface area contributed by atoms with Crippen LogP contribution in [0.2, 0.25) is 0 Å². The molecule has 0 radical (unpaired) electrons. The van der Waals surface area contributed by atoms with Gasteiger partial charge in [-0.15, -0.1) is 0 Å². The first-order chi connectivity index (χ1) is 35.2. The third kappa shape index (κ3) is 6.63. The van der Waals surface area contributed by atoms with Gasteiger partial charge in [0, 0.05) is 38.7 Å². The summed E-state index contributed by atoms with van der Waals surface area (Å²) in [7, 11) is 0. The molecule has 0 saturated carbocycles. The zero-order chi connectivity index (χ0) is 48.3. The third-order valence-corrected chi connectivity index (χ3v) is 16.1. The minimum absolute atomic E-state index is 0.219. The van der Waals surface area contributed by atoms with Gasteiger partial charge in [0.25, 0.3) is 0 Å². The molecule has 0 saturated heterocycles. The Bertz CT molecular complexity index is 4130. The number of fused-ring (bicyclic) bond motifs is 10. The Morgan fingerprint density at radius 2 is 0.681 bits per heavy atom. The SMILES string of the molecule is CC1(C)c2cc(-c3ccc4ccccc4c3)ccc2-c2ccc(N(c3ccc(-c4ccc(-c5ccccc5)cc4)cc3)c3ccc4c(c3)C(C)(C)c3cc(-c5ccc6c(c5)oc5ccccc56)ccc3-4)cc21. The fraction of sp³-hybridized carbons (Fsp3) is 0.0857. The molecule has 0 bridgehead atoms. The van der Waals surface area contributed by atoms with Gasteiger partial charge in [-0.05, 0) is 173 Å². The Kier molecular flexibility index (Phi) is 9.32.